The second kappa shape index (κ2) is 5.96. The van der Waals surface area contributed by atoms with Crippen LogP contribution in [0, 0.1) is 6.92 Å². The van der Waals surface area contributed by atoms with Crippen LogP contribution in [0.1, 0.15) is 11.3 Å². The number of anilines is 2. The molecule has 2 rings (SSSR count). The highest BCUT2D eigenvalue weighted by molar-refractivity contribution is 5.80. The molecule has 0 amide bonds. The van der Waals surface area contributed by atoms with Gasteiger partial charge in [-0.15, -0.1) is 0 Å². The van der Waals surface area contributed by atoms with Gasteiger partial charge in [0, 0.05) is 19.8 Å². The van der Waals surface area contributed by atoms with Gasteiger partial charge in [0.2, 0.25) is 0 Å². The van der Waals surface area contributed by atoms with Crippen LogP contribution < -0.4 is 16.0 Å². The van der Waals surface area contributed by atoms with Crippen LogP contribution in [0.4, 0.5) is 11.5 Å². The molecule has 0 bridgehead atoms. The van der Waals surface area contributed by atoms with Crippen molar-refractivity contribution in [3.8, 4) is 0 Å². The Bertz CT molecular complexity index is 659. The summed E-state index contributed by atoms with van der Waals surface area (Å²) in [4.78, 5) is 16.8. The summed E-state index contributed by atoms with van der Waals surface area (Å²) >= 11 is 0. The molecule has 0 aliphatic rings. The van der Waals surface area contributed by atoms with Crippen molar-refractivity contribution in [3.63, 3.8) is 0 Å². The Morgan fingerprint density at radius 2 is 2.00 bits per heavy atom. The largest absolute Gasteiger partial charge is 0.378 e. The summed E-state index contributed by atoms with van der Waals surface area (Å²) in [6.45, 7) is 1.73. The van der Waals surface area contributed by atoms with E-state index in [-0.39, 0.29) is 0 Å². The molecule has 7 heteroatoms. The average molecular weight is 272 g/mol. The first-order valence-electron chi connectivity index (χ1n) is 6.06. The van der Waals surface area contributed by atoms with Crippen molar-refractivity contribution in [2.75, 3.05) is 24.4 Å². The zero-order chi connectivity index (χ0) is 14.5. The summed E-state index contributed by atoms with van der Waals surface area (Å²) in [5.74, 6) is 0.343. The Hall–Kier alpha value is -2.70. The number of aryl methyl sites for hydroxylation is 1. The normalized spacial score (nSPS) is 10.8. The van der Waals surface area contributed by atoms with Gasteiger partial charge in [-0.2, -0.15) is 15.2 Å². The third-order valence-corrected chi connectivity index (χ3v) is 2.67. The molecule has 1 aromatic heterocycles. The molecule has 0 spiro atoms. The second-order valence-electron chi connectivity index (χ2n) is 4.43. The minimum Gasteiger partial charge on any atom is -0.378 e. The zero-order valence-electron chi connectivity index (χ0n) is 11.6. The van der Waals surface area contributed by atoms with E-state index in [0.29, 0.717) is 11.5 Å². The monoisotopic (exact) mass is 272 g/mol. The standard InChI is InChI=1S/C13H16N6O/c1-9-12(15-13(20)18-16-9)17-14-8-10-4-6-11(7-5-10)19(2)3/h4-8H,1-3H3,(H2,15,17,18,20)/b14-8-. The molecule has 0 aliphatic carbocycles. The fourth-order valence-corrected chi connectivity index (χ4v) is 1.52. The van der Waals surface area contributed by atoms with Crippen LogP contribution in [-0.2, 0) is 0 Å². The van der Waals surface area contributed by atoms with Gasteiger partial charge in [-0.25, -0.2) is 9.89 Å². The van der Waals surface area contributed by atoms with E-state index in [0.717, 1.165) is 11.3 Å². The van der Waals surface area contributed by atoms with E-state index >= 15 is 0 Å². The highest BCUT2D eigenvalue weighted by Gasteiger charge is 2.00. The number of aromatic nitrogens is 3. The molecule has 2 N–H and O–H groups in total. The second-order valence-corrected chi connectivity index (χ2v) is 4.43. The number of rotatable bonds is 4. The van der Waals surface area contributed by atoms with Gasteiger partial charge < -0.3 is 4.90 Å². The van der Waals surface area contributed by atoms with E-state index in [1.807, 2.05) is 43.3 Å². The number of hydrogen-bond donors (Lipinski definition) is 2. The quantitative estimate of drug-likeness (QED) is 0.640. The first-order valence-corrected chi connectivity index (χ1v) is 6.06. The van der Waals surface area contributed by atoms with Gasteiger partial charge >= 0.3 is 5.69 Å². The highest BCUT2D eigenvalue weighted by atomic mass is 16.1. The van der Waals surface area contributed by atoms with Crippen molar-refractivity contribution in [2.24, 2.45) is 5.10 Å². The van der Waals surface area contributed by atoms with Crippen LogP contribution >= 0.6 is 0 Å². The van der Waals surface area contributed by atoms with E-state index in [9.17, 15) is 4.79 Å². The first-order chi connectivity index (χ1) is 9.56. The maximum Gasteiger partial charge on any atom is 0.363 e. The van der Waals surface area contributed by atoms with Crippen molar-refractivity contribution in [1.82, 2.24) is 15.2 Å². The lowest BCUT2D eigenvalue weighted by atomic mass is 10.2. The summed E-state index contributed by atoms with van der Waals surface area (Å²) in [6.07, 6.45) is 1.65. The summed E-state index contributed by atoms with van der Waals surface area (Å²) in [6, 6.07) is 7.91. The summed E-state index contributed by atoms with van der Waals surface area (Å²) in [5, 5.41) is 10.1. The number of nitrogens with zero attached hydrogens (tertiary/aromatic N) is 4. The van der Waals surface area contributed by atoms with Gasteiger partial charge in [0.25, 0.3) is 0 Å². The van der Waals surface area contributed by atoms with Crippen LogP contribution in [0.2, 0.25) is 0 Å². The molecule has 0 radical (unpaired) electrons. The van der Waals surface area contributed by atoms with Crippen LogP contribution in [0.5, 0.6) is 0 Å². The van der Waals surface area contributed by atoms with Crippen molar-refractivity contribution < 1.29 is 0 Å². The molecule has 0 fully saturated rings. The highest BCUT2D eigenvalue weighted by Crippen LogP contribution is 2.11. The third kappa shape index (κ3) is 3.41. The summed E-state index contributed by atoms with van der Waals surface area (Å²) < 4.78 is 0. The molecule has 1 aromatic carbocycles. The average Bonchev–Trinajstić information content (AvgIpc) is 2.43. The molecular formula is C13H16N6O. The number of hydrogen-bond acceptors (Lipinski definition) is 6. The lowest BCUT2D eigenvalue weighted by Crippen LogP contribution is -2.15. The van der Waals surface area contributed by atoms with E-state index < -0.39 is 5.69 Å². The molecule has 0 saturated heterocycles. The zero-order valence-corrected chi connectivity index (χ0v) is 11.6. The Morgan fingerprint density at radius 1 is 1.30 bits per heavy atom. The van der Waals surface area contributed by atoms with Crippen LogP contribution in [0.25, 0.3) is 0 Å². The van der Waals surface area contributed by atoms with Gasteiger partial charge in [0.15, 0.2) is 5.82 Å². The van der Waals surface area contributed by atoms with E-state index in [1.54, 1.807) is 13.1 Å². The molecule has 0 unspecified atom stereocenters. The fourth-order valence-electron chi connectivity index (χ4n) is 1.52. The lowest BCUT2D eigenvalue weighted by molar-refractivity contribution is 0.879. The van der Waals surface area contributed by atoms with Gasteiger partial charge in [0.1, 0.15) is 5.69 Å². The fraction of sp³-hybridized carbons (Fsp3) is 0.231. The van der Waals surface area contributed by atoms with Gasteiger partial charge in [0.05, 0.1) is 6.21 Å². The molecule has 0 saturated carbocycles. The summed E-state index contributed by atoms with van der Waals surface area (Å²) in [7, 11) is 3.97. The Labute approximate surface area is 116 Å². The SMILES string of the molecule is Cc1n[nH]c(=O)nc1N/N=C\c1ccc(N(C)C)cc1. The van der Waals surface area contributed by atoms with Crippen molar-refractivity contribution in [2.45, 2.75) is 6.92 Å². The molecule has 20 heavy (non-hydrogen) atoms. The first kappa shape index (κ1) is 13.7. The molecule has 1 heterocycles. The Balaban J connectivity index is 2.06. The van der Waals surface area contributed by atoms with E-state index in [4.69, 9.17) is 0 Å². The number of nitrogens with one attached hydrogen (secondary N) is 2. The smallest absolute Gasteiger partial charge is 0.363 e. The van der Waals surface area contributed by atoms with Gasteiger partial charge in [-0.05, 0) is 24.6 Å². The van der Waals surface area contributed by atoms with Crippen molar-refractivity contribution in [1.29, 1.82) is 0 Å². The number of benzene rings is 1. The predicted molar refractivity (Wildman–Crippen MR) is 79.4 cm³/mol. The van der Waals surface area contributed by atoms with E-state index in [1.165, 1.54) is 0 Å². The molecule has 0 aliphatic heterocycles. The Kier molecular flexibility index (Phi) is 4.09. The maximum atomic E-state index is 11.1. The van der Waals surface area contributed by atoms with Gasteiger partial charge in [-0.1, -0.05) is 12.1 Å². The number of hydrazone groups is 1. The molecule has 7 nitrogen and oxygen atoms in total. The van der Waals surface area contributed by atoms with E-state index in [2.05, 4.69) is 25.7 Å². The molecular weight excluding hydrogens is 256 g/mol. The predicted octanol–water partition coefficient (Wildman–Crippen LogP) is 0.985. The van der Waals surface area contributed by atoms with Crippen LogP contribution in [-0.4, -0.2) is 35.5 Å². The van der Waals surface area contributed by atoms with Crippen LogP contribution in [0.3, 0.4) is 0 Å². The minimum absolute atomic E-state index is 0.343. The van der Waals surface area contributed by atoms with Crippen LogP contribution in [0.15, 0.2) is 34.2 Å². The van der Waals surface area contributed by atoms with Crippen molar-refractivity contribution in [3.05, 3.63) is 46.0 Å². The Morgan fingerprint density at radius 3 is 2.65 bits per heavy atom. The van der Waals surface area contributed by atoms with Gasteiger partial charge in [-0.3, -0.25) is 5.43 Å². The number of H-pyrrole nitrogens is 1. The molecule has 2 aromatic rings. The molecule has 104 valence electrons. The summed E-state index contributed by atoms with van der Waals surface area (Å²) in [5.41, 5.74) is 4.83. The topological polar surface area (TPSA) is 86.3 Å². The van der Waals surface area contributed by atoms with Crippen molar-refractivity contribution >= 4 is 17.7 Å². The lowest BCUT2D eigenvalue weighted by Gasteiger charge is -2.11. The maximum absolute atomic E-state index is 11.1. The molecule has 0 atom stereocenters. The minimum atomic E-state index is -0.511. The third-order valence-electron chi connectivity index (χ3n) is 2.67. The number of aromatic amines is 1.